The highest BCUT2D eigenvalue weighted by atomic mass is 16.5. The van der Waals surface area contributed by atoms with Crippen LogP contribution in [0, 0.1) is 0 Å². The van der Waals surface area contributed by atoms with Crippen molar-refractivity contribution in [3.05, 3.63) is 0 Å². The molecule has 0 aliphatic carbocycles. The van der Waals surface area contributed by atoms with Crippen molar-refractivity contribution in [3.63, 3.8) is 0 Å². The Labute approximate surface area is 112 Å². The second-order valence-electron chi connectivity index (χ2n) is 5.66. The molecule has 0 aliphatic heterocycles. The van der Waals surface area contributed by atoms with Gasteiger partial charge in [-0.3, -0.25) is 0 Å². The Kier molecular flexibility index (Phi) is 9.64. The summed E-state index contributed by atoms with van der Waals surface area (Å²) >= 11 is 0. The quantitative estimate of drug-likeness (QED) is 0.558. The highest BCUT2D eigenvalue weighted by molar-refractivity contribution is 4.78. The molecule has 110 valence electrons. The summed E-state index contributed by atoms with van der Waals surface area (Å²) in [6.45, 7) is 12.5. The normalized spacial score (nSPS) is 14.2. The predicted molar refractivity (Wildman–Crippen MR) is 74.9 cm³/mol. The van der Waals surface area contributed by atoms with E-state index >= 15 is 0 Å². The molecule has 0 spiro atoms. The van der Waals surface area contributed by atoms with Gasteiger partial charge in [-0.2, -0.15) is 0 Å². The van der Waals surface area contributed by atoms with Crippen LogP contribution in [0.2, 0.25) is 0 Å². The second kappa shape index (κ2) is 9.73. The first-order chi connectivity index (χ1) is 8.37. The van der Waals surface area contributed by atoms with Gasteiger partial charge >= 0.3 is 0 Å². The van der Waals surface area contributed by atoms with Crippen LogP contribution in [-0.4, -0.2) is 49.2 Å². The van der Waals surface area contributed by atoms with E-state index in [0.717, 1.165) is 12.8 Å². The summed E-state index contributed by atoms with van der Waals surface area (Å²) < 4.78 is 10.7. The Morgan fingerprint density at radius 2 is 1.89 bits per heavy atom. The summed E-state index contributed by atoms with van der Waals surface area (Å²) in [7, 11) is 0. The van der Waals surface area contributed by atoms with E-state index in [0.29, 0.717) is 26.4 Å². The molecule has 1 atom stereocenters. The molecule has 0 aromatic heterocycles. The molecule has 18 heavy (non-hydrogen) atoms. The van der Waals surface area contributed by atoms with Gasteiger partial charge < -0.3 is 19.9 Å². The van der Waals surface area contributed by atoms with E-state index in [9.17, 15) is 5.11 Å². The van der Waals surface area contributed by atoms with Crippen LogP contribution in [0.5, 0.6) is 0 Å². The van der Waals surface area contributed by atoms with Crippen LogP contribution in [0.25, 0.3) is 0 Å². The SMILES string of the molecule is CCCC(C)(C)NCC(O)COCCOC(C)C. The average Bonchev–Trinajstić information content (AvgIpc) is 2.25. The van der Waals surface area contributed by atoms with E-state index in [-0.39, 0.29) is 11.6 Å². The minimum absolute atomic E-state index is 0.0798. The minimum Gasteiger partial charge on any atom is -0.389 e. The molecule has 1 unspecified atom stereocenters. The Morgan fingerprint density at radius 3 is 2.44 bits per heavy atom. The zero-order valence-corrected chi connectivity index (χ0v) is 12.7. The lowest BCUT2D eigenvalue weighted by atomic mass is 9.99. The van der Waals surface area contributed by atoms with E-state index in [1.54, 1.807) is 0 Å². The number of rotatable bonds is 11. The molecule has 0 saturated carbocycles. The van der Waals surface area contributed by atoms with Gasteiger partial charge in [-0.15, -0.1) is 0 Å². The molecule has 0 radical (unpaired) electrons. The van der Waals surface area contributed by atoms with Crippen LogP contribution < -0.4 is 5.32 Å². The third-order valence-corrected chi connectivity index (χ3v) is 2.68. The topological polar surface area (TPSA) is 50.7 Å². The first kappa shape index (κ1) is 17.8. The monoisotopic (exact) mass is 261 g/mol. The van der Waals surface area contributed by atoms with Crippen molar-refractivity contribution in [2.45, 2.75) is 65.2 Å². The van der Waals surface area contributed by atoms with Gasteiger partial charge in [0.05, 0.1) is 32.0 Å². The maximum atomic E-state index is 9.76. The molecule has 0 aromatic carbocycles. The minimum atomic E-state index is -0.458. The highest BCUT2D eigenvalue weighted by Crippen LogP contribution is 2.10. The summed E-state index contributed by atoms with van der Waals surface area (Å²) in [5.41, 5.74) is 0.0798. The molecule has 0 fully saturated rings. The maximum Gasteiger partial charge on any atom is 0.0897 e. The van der Waals surface area contributed by atoms with Gasteiger partial charge in [0.2, 0.25) is 0 Å². The van der Waals surface area contributed by atoms with Crippen LogP contribution in [0.4, 0.5) is 0 Å². The number of hydrogen-bond acceptors (Lipinski definition) is 4. The summed E-state index contributed by atoms with van der Waals surface area (Å²) in [5.74, 6) is 0. The standard InChI is InChI=1S/C14H31NO3/c1-6-7-14(4,5)15-10-13(16)11-17-8-9-18-12(2)3/h12-13,15-16H,6-11H2,1-5H3. The molecule has 0 rings (SSSR count). The maximum absolute atomic E-state index is 9.76. The van der Waals surface area contributed by atoms with Gasteiger partial charge in [0.15, 0.2) is 0 Å². The molecule has 0 saturated heterocycles. The number of hydrogen-bond donors (Lipinski definition) is 2. The van der Waals surface area contributed by atoms with Crippen molar-refractivity contribution in [2.24, 2.45) is 0 Å². The van der Waals surface area contributed by atoms with Crippen molar-refractivity contribution in [2.75, 3.05) is 26.4 Å². The lowest BCUT2D eigenvalue weighted by Gasteiger charge is -2.27. The van der Waals surface area contributed by atoms with Gasteiger partial charge in [0.25, 0.3) is 0 Å². The third-order valence-electron chi connectivity index (χ3n) is 2.68. The molecule has 0 aromatic rings. The molecular formula is C14H31NO3. The summed E-state index contributed by atoms with van der Waals surface area (Å²) in [5, 5.41) is 13.1. The molecule has 4 heteroatoms. The number of ether oxygens (including phenoxy) is 2. The van der Waals surface area contributed by atoms with Crippen LogP contribution >= 0.6 is 0 Å². The largest absolute Gasteiger partial charge is 0.389 e. The fraction of sp³-hybridized carbons (Fsp3) is 1.00. The molecule has 0 bridgehead atoms. The Morgan fingerprint density at radius 1 is 1.22 bits per heavy atom. The van der Waals surface area contributed by atoms with Crippen molar-refractivity contribution >= 4 is 0 Å². The zero-order valence-electron chi connectivity index (χ0n) is 12.7. The van der Waals surface area contributed by atoms with Crippen molar-refractivity contribution in [1.29, 1.82) is 0 Å². The smallest absolute Gasteiger partial charge is 0.0897 e. The number of nitrogens with one attached hydrogen (secondary N) is 1. The zero-order chi connectivity index (χ0) is 14.0. The fourth-order valence-corrected chi connectivity index (χ4v) is 1.73. The van der Waals surface area contributed by atoms with Gasteiger partial charge in [-0.25, -0.2) is 0 Å². The number of aliphatic hydroxyl groups excluding tert-OH is 1. The van der Waals surface area contributed by atoms with Gasteiger partial charge in [-0.1, -0.05) is 13.3 Å². The summed E-state index contributed by atoms with van der Waals surface area (Å²) in [6.07, 6.45) is 2.01. The summed E-state index contributed by atoms with van der Waals surface area (Å²) in [4.78, 5) is 0. The van der Waals surface area contributed by atoms with E-state index in [1.165, 1.54) is 0 Å². The molecule has 0 aliphatic rings. The Hall–Kier alpha value is -0.160. The lowest BCUT2D eigenvalue weighted by Crippen LogP contribution is -2.44. The summed E-state index contributed by atoms with van der Waals surface area (Å²) in [6, 6.07) is 0. The fourth-order valence-electron chi connectivity index (χ4n) is 1.73. The lowest BCUT2D eigenvalue weighted by molar-refractivity contribution is -0.0113. The van der Waals surface area contributed by atoms with E-state index in [1.807, 2.05) is 13.8 Å². The van der Waals surface area contributed by atoms with E-state index < -0.39 is 6.10 Å². The van der Waals surface area contributed by atoms with Crippen molar-refractivity contribution < 1.29 is 14.6 Å². The van der Waals surface area contributed by atoms with Crippen molar-refractivity contribution in [3.8, 4) is 0 Å². The van der Waals surface area contributed by atoms with Gasteiger partial charge in [-0.05, 0) is 34.1 Å². The molecule has 0 amide bonds. The predicted octanol–water partition coefficient (Wildman–Crippen LogP) is 1.96. The third kappa shape index (κ3) is 11.0. The van der Waals surface area contributed by atoms with Crippen LogP contribution in [0.1, 0.15) is 47.5 Å². The first-order valence-corrected chi connectivity index (χ1v) is 7.00. The van der Waals surface area contributed by atoms with Gasteiger partial charge in [0.1, 0.15) is 0 Å². The number of aliphatic hydroxyl groups is 1. The molecule has 4 nitrogen and oxygen atoms in total. The van der Waals surface area contributed by atoms with Crippen LogP contribution in [0.15, 0.2) is 0 Å². The second-order valence-corrected chi connectivity index (χ2v) is 5.66. The Balaban J connectivity index is 3.50. The number of β-amino-alcohol motifs (C(OH)–C–C–N with tert-alkyl or cyclic N) is 1. The molecule has 0 heterocycles. The van der Waals surface area contributed by atoms with E-state index in [4.69, 9.17) is 9.47 Å². The van der Waals surface area contributed by atoms with E-state index in [2.05, 4.69) is 26.1 Å². The average molecular weight is 261 g/mol. The van der Waals surface area contributed by atoms with Crippen LogP contribution in [-0.2, 0) is 9.47 Å². The Bertz CT molecular complexity index is 195. The molecule has 2 N–H and O–H groups in total. The van der Waals surface area contributed by atoms with Crippen molar-refractivity contribution in [1.82, 2.24) is 5.32 Å². The highest BCUT2D eigenvalue weighted by Gasteiger charge is 2.17. The molecular weight excluding hydrogens is 230 g/mol. The van der Waals surface area contributed by atoms with Gasteiger partial charge in [0, 0.05) is 12.1 Å². The van der Waals surface area contributed by atoms with Crippen LogP contribution in [0.3, 0.4) is 0 Å². The first-order valence-electron chi connectivity index (χ1n) is 7.00.